The monoisotopic (exact) mass is 337 g/mol. The van der Waals surface area contributed by atoms with Crippen molar-refractivity contribution in [2.45, 2.75) is 38.1 Å². The highest BCUT2D eigenvalue weighted by Crippen LogP contribution is 2.34. The van der Waals surface area contributed by atoms with E-state index in [-0.39, 0.29) is 5.91 Å². The summed E-state index contributed by atoms with van der Waals surface area (Å²) in [6.07, 6.45) is 9.81. The Hall–Kier alpha value is -2.96. The Balaban J connectivity index is 1.42. The average molecular weight is 337 g/mol. The number of hydrogen-bond acceptors (Lipinski definition) is 5. The molecule has 0 unspecified atom stereocenters. The van der Waals surface area contributed by atoms with Crippen LogP contribution in [-0.4, -0.2) is 26.2 Å². The molecule has 3 aromatic rings. The Kier molecular flexibility index (Phi) is 4.28. The van der Waals surface area contributed by atoms with Crippen molar-refractivity contribution in [3.05, 3.63) is 53.9 Å². The van der Waals surface area contributed by atoms with Crippen molar-refractivity contribution in [2.24, 2.45) is 0 Å². The summed E-state index contributed by atoms with van der Waals surface area (Å²) in [5, 5.41) is 13.7. The Bertz CT molecular complexity index is 849. The molecule has 3 heterocycles. The molecule has 0 spiro atoms. The zero-order valence-corrected chi connectivity index (χ0v) is 13.7. The van der Waals surface area contributed by atoms with Gasteiger partial charge in [0.05, 0.1) is 12.7 Å². The molecule has 0 saturated heterocycles. The van der Waals surface area contributed by atoms with Gasteiger partial charge in [-0.3, -0.25) is 14.9 Å². The second-order valence-corrected chi connectivity index (χ2v) is 6.28. The number of nitrogens with one attached hydrogen (secondary N) is 2. The van der Waals surface area contributed by atoms with Gasteiger partial charge in [-0.25, -0.2) is 0 Å². The van der Waals surface area contributed by atoms with Crippen molar-refractivity contribution in [2.75, 3.05) is 0 Å². The van der Waals surface area contributed by atoms with Gasteiger partial charge in [-0.2, -0.15) is 5.10 Å². The van der Waals surface area contributed by atoms with E-state index in [1.807, 2.05) is 18.2 Å². The predicted octanol–water partition coefficient (Wildman–Crippen LogP) is 3.05. The summed E-state index contributed by atoms with van der Waals surface area (Å²) >= 11 is 0. The minimum atomic E-state index is -0.227. The highest BCUT2D eigenvalue weighted by molar-refractivity contribution is 5.98. The van der Waals surface area contributed by atoms with Crippen LogP contribution in [0.4, 0.5) is 0 Å². The number of carbonyl (C=O) groups is 1. The van der Waals surface area contributed by atoms with E-state index in [1.165, 1.54) is 12.8 Å². The Morgan fingerprint density at radius 2 is 2.08 bits per heavy atom. The molecule has 3 aromatic heterocycles. The fourth-order valence-corrected chi connectivity index (χ4v) is 3.28. The maximum Gasteiger partial charge on any atom is 0.270 e. The first kappa shape index (κ1) is 15.6. The van der Waals surface area contributed by atoms with Gasteiger partial charge in [0.15, 0.2) is 0 Å². The molecule has 4 rings (SSSR count). The van der Waals surface area contributed by atoms with Gasteiger partial charge in [0.25, 0.3) is 5.91 Å². The lowest BCUT2D eigenvalue weighted by Gasteiger charge is -2.04. The summed E-state index contributed by atoms with van der Waals surface area (Å²) in [5.74, 6) is 1.18. The van der Waals surface area contributed by atoms with Crippen LogP contribution in [0, 0.1) is 0 Å². The molecule has 0 aromatic carbocycles. The Morgan fingerprint density at radius 3 is 2.88 bits per heavy atom. The molecule has 128 valence electrons. The van der Waals surface area contributed by atoms with Gasteiger partial charge in [0.2, 0.25) is 0 Å². The van der Waals surface area contributed by atoms with Crippen molar-refractivity contribution in [3.63, 3.8) is 0 Å². The third-order valence-corrected chi connectivity index (χ3v) is 4.62. The maximum atomic E-state index is 12.5. The second kappa shape index (κ2) is 6.88. The quantitative estimate of drug-likeness (QED) is 0.746. The van der Waals surface area contributed by atoms with Crippen LogP contribution in [0.15, 0.2) is 41.3 Å². The number of carbonyl (C=O) groups excluding carboxylic acids is 1. The first-order valence-corrected chi connectivity index (χ1v) is 8.48. The summed E-state index contributed by atoms with van der Waals surface area (Å²) in [6, 6.07) is 5.63. The van der Waals surface area contributed by atoms with Gasteiger partial charge in [-0.15, -0.1) is 0 Å². The molecule has 2 N–H and O–H groups in total. The van der Waals surface area contributed by atoms with Gasteiger partial charge < -0.3 is 9.84 Å². The third kappa shape index (κ3) is 3.31. The van der Waals surface area contributed by atoms with Gasteiger partial charge in [0, 0.05) is 29.9 Å². The van der Waals surface area contributed by atoms with Crippen LogP contribution in [0.1, 0.15) is 53.5 Å². The van der Waals surface area contributed by atoms with Crippen molar-refractivity contribution in [1.82, 2.24) is 25.7 Å². The molecule has 0 bridgehead atoms. The summed E-state index contributed by atoms with van der Waals surface area (Å²) in [5.41, 5.74) is 2.79. The van der Waals surface area contributed by atoms with E-state index in [9.17, 15) is 4.79 Å². The number of pyridine rings is 1. The Morgan fingerprint density at radius 1 is 1.28 bits per heavy atom. The zero-order chi connectivity index (χ0) is 17.1. The molecular formula is C18H19N5O2. The lowest BCUT2D eigenvalue weighted by molar-refractivity contribution is 0.0945. The molecule has 1 saturated carbocycles. The zero-order valence-electron chi connectivity index (χ0n) is 13.7. The highest BCUT2D eigenvalue weighted by atomic mass is 16.5. The molecule has 1 amide bonds. The summed E-state index contributed by atoms with van der Waals surface area (Å²) in [6.45, 7) is 0.323. The SMILES string of the molecule is O=C(NCc1cc(C2CCCC2)on1)c1[nH]ncc1-c1ccncc1. The summed E-state index contributed by atoms with van der Waals surface area (Å²) in [4.78, 5) is 16.5. The molecule has 0 radical (unpaired) electrons. The normalized spacial score (nSPS) is 14.7. The van der Waals surface area contributed by atoms with E-state index in [0.717, 1.165) is 35.4 Å². The van der Waals surface area contributed by atoms with E-state index in [4.69, 9.17) is 4.52 Å². The number of amides is 1. The largest absolute Gasteiger partial charge is 0.361 e. The number of hydrogen-bond donors (Lipinski definition) is 2. The lowest BCUT2D eigenvalue weighted by atomic mass is 10.1. The van der Waals surface area contributed by atoms with E-state index < -0.39 is 0 Å². The first-order valence-electron chi connectivity index (χ1n) is 8.48. The average Bonchev–Trinajstić information content (AvgIpc) is 3.41. The fourth-order valence-electron chi connectivity index (χ4n) is 3.28. The van der Waals surface area contributed by atoms with E-state index in [2.05, 4.69) is 25.7 Å². The van der Waals surface area contributed by atoms with Crippen LogP contribution in [0.3, 0.4) is 0 Å². The summed E-state index contributed by atoms with van der Waals surface area (Å²) < 4.78 is 5.44. The number of nitrogens with zero attached hydrogens (tertiary/aromatic N) is 3. The number of aromatic amines is 1. The van der Waals surface area contributed by atoms with E-state index >= 15 is 0 Å². The van der Waals surface area contributed by atoms with Crippen LogP contribution >= 0.6 is 0 Å². The maximum absolute atomic E-state index is 12.5. The van der Waals surface area contributed by atoms with Crippen LogP contribution in [-0.2, 0) is 6.54 Å². The Labute approximate surface area is 144 Å². The predicted molar refractivity (Wildman–Crippen MR) is 90.7 cm³/mol. The van der Waals surface area contributed by atoms with E-state index in [1.54, 1.807) is 18.6 Å². The van der Waals surface area contributed by atoms with Gasteiger partial charge in [0.1, 0.15) is 17.1 Å². The molecule has 0 aliphatic heterocycles. The van der Waals surface area contributed by atoms with Crippen LogP contribution in [0.25, 0.3) is 11.1 Å². The molecule has 1 fully saturated rings. The summed E-state index contributed by atoms with van der Waals surface area (Å²) in [7, 11) is 0. The first-order chi connectivity index (χ1) is 12.3. The molecule has 7 nitrogen and oxygen atoms in total. The van der Waals surface area contributed by atoms with Crippen LogP contribution in [0.2, 0.25) is 0 Å². The standard InChI is InChI=1S/C18H19N5O2/c24-18(17-15(11-21-22-17)12-5-7-19-8-6-12)20-10-14-9-16(25-23-14)13-3-1-2-4-13/h5-9,11,13H,1-4,10H2,(H,20,24)(H,21,22). The van der Waals surface area contributed by atoms with Crippen LogP contribution < -0.4 is 5.32 Å². The van der Waals surface area contributed by atoms with Crippen molar-refractivity contribution >= 4 is 5.91 Å². The molecule has 25 heavy (non-hydrogen) atoms. The fraction of sp³-hybridized carbons (Fsp3) is 0.333. The van der Waals surface area contributed by atoms with Crippen LogP contribution in [0.5, 0.6) is 0 Å². The molecule has 1 aliphatic carbocycles. The smallest absolute Gasteiger partial charge is 0.270 e. The minimum Gasteiger partial charge on any atom is -0.361 e. The molecular weight excluding hydrogens is 318 g/mol. The van der Waals surface area contributed by atoms with Gasteiger partial charge in [-0.1, -0.05) is 18.0 Å². The molecule has 0 atom stereocenters. The topological polar surface area (TPSA) is 96.7 Å². The third-order valence-electron chi connectivity index (χ3n) is 4.62. The van der Waals surface area contributed by atoms with Crippen molar-refractivity contribution in [1.29, 1.82) is 0 Å². The van der Waals surface area contributed by atoms with Gasteiger partial charge in [-0.05, 0) is 30.5 Å². The lowest BCUT2D eigenvalue weighted by Crippen LogP contribution is -2.24. The van der Waals surface area contributed by atoms with E-state index in [0.29, 0.717) is 18.2 Å². The highest BCUT2D eigenvalue weighted by Gasteiger charge is 2.22. The number of aromatic nitrogens is 4. The minimum absolute atomic E-state index is 0.227. The molecule has 7 heteroatoms. The van der Waals surface area contributed by atoms with Gasteiger partial charge >= 0.3 is 0 Å². The molecule has 1 aliphatic rings. The van der Waals surface area contributed by atoms with Crippen molar-refractivity contribution in [3.8, 4) is 11.1 Å². The number of rotatable bonds is 5. The second-order valence-electron chi connectivity index (χ2n) is 6.28. The number of H-pyrrole nitrogens is 1. The van der Waals surface area contributed by atoms with Crippen molar-refractivity contribution < 1.29 is 9.32 Å².